The SMILES string of the molecule is C[n+]1cc(-c2ccccn2)n[nH]1. The predicted molar refractivity (Wildman–Crippen MR) is 43.0 cm³/mol. The lowest BCUT2D eigenvalue weighted by atomic mass is 10.3. The molecule has 0 radical (unpaired) electrons. The van der Waals surface area contributed by atoms with E-state index >= 15 is 0 Å². The highest BCUT2D eigenvalue weighted by Crippen LogP contribution is 2.08. The van der Waals surface area contributed by atoms with Crippen molar-refractivity contribution in [2.45, 2.75) is 0 Å². The average molecular weight is 161 g/mol. The van der Waals surface area contributed by atoms with Gasteiger partial charge in [0, 0.05) is 11.3 Å². The number of aryl methyl sites for hydroxylation is 1. The first-order valence-corrected chi connectivity index (χ1v) is 3.69. The number of hydrogen-bond donors (Lipinski definition) is 1. The standard InChI is InChI=1S/C8H8N4/c1-12-6-8(10-11-12)7-4-2-3-5-9-7/h2-6H,1H3/p+1. The molecule has 4 nitrogen and oxygen atoms in total. The first-order valence-electron chi connectivity index (χ1n) is 3.69. The number of rotatable bonds is 1. The predicted octanol–water partition coefficient (Wildman–Crippen LogP) is 0.296. The van der Waals surface area contributed by atoms with E-state index in [2.05, 4.69) is 15.3 Å². The van der Waals surface area contributed by atoms with Gasteiger partial charge in [0.2, 0.25) is 0 Å². The molecule has 0 atom stereocenters. The van der Waals surface area contributed by atoms with Crippen molar-refractivity contribution in [1.82, 2.24) is 15.3 Å². The summed E-state index contributed by atoms with van der Waals surface area (Å²) in [5.41, 5.74) is 1.74. The van der Waals surface area contributed by atoms with Gasteiger partial charge in [-0.15, -0.1) is 0 Å². The Morgan fingerprint density at radius 2 is 2.25 bits per heavy atom. The first kappa shape index (κ1) is 6.97. The number of nitrogens with one attached hydrogen (secondary N) is 1. The Morgan fingerprint density at radius 1 is 1.33 bits per heavy atom. The topological polar surface area (TPSA) is 45.5 Å². The molecule has 0 aliphatic carbocycles. The fourth-order valence-electron chi connectivity index (χ4n) is 1.01. The number of nitrogens with zero attached hydrogens (tertiary/aromatic N) is 3. The van der Waals surface area contributed by atoms with Gasteiger partial charge in [-0.3, -0.25) is 4.98 Å². The van der Waals surface area contributed by atoms with E-state index in [1.165, 1.54) is 0 Å². The average Bonchev–Trinajstić information content (AvgIpc) is 2.54. The van der Waals surface area contributed by atoms with Crippen LogP contribution in [0.4, 0.5) is 0 Å². The summed E-state index contributed by atoms with van der Waals surface area (Å²) in [7, 11) is 1.89. The molecule has 0 aliphatic heterocycles. The third kappa shape index (κ3) is 1.18. The Hall–Kier alpha value is -1.71. The highest BCUT2D eigenvalue weighted by molar-refractivity contribution is 5.50. The monoisotopic (exact) mass is 161 g/mol. The highest BCUT2D eigenvalue weighted by atomic mass is 15.4. The molecule has 2 aromatic rings. The van der Waals surface area contributed by atoms with Crippen LogP contribution in [-0.4, -0.2) is 15.3 Å². The van der Waals surface area contributed by atoms with Crippen molar-refractivity contribution < 1.29 is 4.68 Å². The van der Waals surface area contributed by atoms with Gasteiger partial charge in [0.1, 0.15) is 12.7 Å². The lowest BCUT2D eigenvalue weighted by molar-refractivity contribution is -0.730. The van der Waals surface area contributed by atoms with Crippen molar-refractivity contribution in [2.24, 2.45) is 7.05 Å². The van der Waals surface area contributed by atoms with Crippen molar-refractivity contribution in [3.63, 3.8) is 0 Å². The second-order valence-corrected chi connectivity index (χ2v) is 2.55. The van der Waals surface area contributed by atoms with Crippen LogP contribution in [0, 0.1) is 0 Å². The first-order chi connectivity index (χ1) is 5.86. The number of aromatic amines is 1. The molecule has 12 heavy (non-hydrogen) atoms. The third-order valence-electron chi connectivity index (χ3n) is 1.57. The fraction of sp³-hybridized carbons (Fsp3) is 0.125. The molecule has 2 rings (SSSR count). The normalized spacial score (nSPS) is 10.1. The van der Waals surface area contributed by atoms with E-state index in [0.29, 0.717) is 0 Å². The maximum atomic E-state index is 4.17. The molecule has 0 unspecified atom stereocenters. The van der Waals surface area contributed by atoms with Gasteiger partial charge in [0.15, 0.2) is 6.20 Å². The molecule has 4 heteroatoms. The van der Waals surface area contributed by atoms with Gasteiger partial charge in [-0.05, 0) is 12.1 Å². The van der Waals surface area contributed by atoms with Gasteiger partial charge < -0.3 is 0 Å². The summed E-state index contributed by atoms with van der Waals surface area (Å²) >= 11 is 0. The summed E-state index contributed by atoms with van der Waals surface area (Å²) in [5.74, 6) is 0. The van der Waals surface area contributed by atoms with E-state index in [1.54, 1.807) is 10.9 Å². The van der Waals surface area contributed by atoms with Gasteiger partial charge in [0.25, 0.3) is 5.69 Å². The van der Waals surface area contributed by atoms with Crippen LogP contribution in [0.3, 0.4) is 0 Å². The molecule has 0 saturated carbocycles. The number of pyridine rings is 1. The summed E-state index contributed by atoms with van der Waals surface area (Å²) in [4.78, 5) is 4.17. The Labute approximate surface area is 69.9 Å². The number of H-pyrrole nitrogens is 1. The van der Waals surface area contributed by atoms with Crippen LogP contribution < -0.4 is 4.68 Å². The largest absolute Gasteiger partial charge is 0.266 e. The molecule has 60 valence electrons. The minimum atomic E-state index is 0.859. The zero-order valence-corrected chi connectivity index (χ0v) is 6.73. The van der Waals surface area contributed by atoms with Crippen LogP contribution in [0.15, 0.2) is 30.6 Å². The van der Waals surface area contributed by atoms with E-state index in [0.717, 1.165) is 11.4 Å². The van der Waals surface area contributed by atoms with E-state index in [9.17, 15) is 0 Å². The lowest BCUT2D eigenvalue weighted by Gasteiger charge is -1.85. The van der Waals surface area contributed by atoms with Crippen molar-refractivity contribution in [2.75, 3.05) is 0 Å². The van der Waals surface area contributed by atoms with E-state index in [4.69, 9.17) is 0 Å². The maximum Gasteiger partial charge on any atom is 0.266 e. The smallest absolute Gasteiger partial charge is 0.252 e. The Kier molecular flexibility index (Phi) is 1.59. The third-order valence-corrected chi connectivity index (χ3v) is 1.57. The molecule has 0 aliphatic rings. The van der Waals surface area contributed by atoms with E-state index < -0.39 is 0 Å². The molecule has 0 amide bonds. The molecule has 1 N–H and O–H groups in total. The van der Waals surface area contributed by atoms with Gasteiger partial charge >= 0.3 is 0 Å². The van der Waals surface area contributed by atoms with Crippen LogP contribution >= 0.6 is 0 Å². The Balaban J connectivity index is 2.45. The molecule has 0 spiro atoms. The zero-order chi connectivity index (χ0) is 8.39. The second kappa shape index (κ2) is 2.73. The highest BCUT2D eigenvalue weighted by Gasteiger charge is 2.08. The van der Waals surface area contributed by atoms with Crippen LogP contribution in [0.1, 0.15) is 0 Å². The van der Waals surface area contributed by atoms with Crippen LogP contribution in [0.5, 0.6) is 0 Å². The van der Waals surface area contributed by atoms with Crippen LogP contribution in [0.2, 0.25) is 0 Å². The molecule has 0 saturated heterocycles. The van der Waals surface area contributed by atoms with E-state index in [-0.39, 0.29) is 0 Å². The molecule has 0 aromatic carbocycles. The van der Waals surface area contributed by atoms with Crippen LogP contribution in [-0.2, 0) is 7.05 Å². The molecular weight excluding hydrogens is 152 g/mol. The molecule has 2 heterocycles. The molecule has 0 fully saturated rings. The number of hydrogen-bond acceptors (Lipinski definition) is 2. The number of aromatic nitrogens is 4. The fourth-order valence-corrected chi connectivity index (χ4v) is 1.01. The Bertz CT molecular complexity index is 366. The summed E-state index contributed by atoms with van der Waals surface area (Å²) in [6.45, 7) is 0. The summed E-state index contributed by atoms with van der Waals surface area (Å²) in [6, 6.07) is 5.75. The minimum Gasteiger partial charge on any atom is -0.252 e. The van der Waals surface area contributed by atoms with Crippen molar-refractivity contribution >= 4 is 0 Å². The zero-order valence-electron chi connectivity index (χ0n) is 6.73. The summed E-state index contributed by atoms with van der Waals surface area (Å²) in [6.07, 6.45) is 3.65. The minimum absolute atomic E-state index is 0.859. The quantitative estimate of drug-likeness (QED) is 0.611. The van der Waals surface area contributed by atoms with E-state index in [1.807, 2.05) is 31.4 Å². The van der Waals surface area contributed by atoms with Crippen molar-refractivity contribution in [3.8, 4) is 11.4 Å². The maximum absolute atomic E-state index is 4.17. The second-order valence-electron chi connectivity index (χ2n) is 2.55. The summed E-state index contributed by atoms with van der Waals surface area (Å²) < 4.78 is 1.78. The summed E-state index contributed by atoms with van der Waals surface area (Å²) in [5, 5.41) is 6.86. The van der Waals surface area contributed by atoms with Gasteiger partial charge in [0.05, 0.1) is 0 Å². The molecular formula is C8H9N4+. The van der Waals surface area contributed by atoms with Gasteiger partial charge in [-0.1, -0.05) is 11.3 Å². The van der Waals surface area contributed by atoms with Gasteiger partial charge in [-0.25, -0.2) is 0 Å². The molecule has 0 bridgehead atoms. The van der Waals surface area contributed by atoms with Crippen LogP contribution in [0.25, 0.3) is 11.4 Å². The molecule has 2 aromatic heterocycles. The van der Waals surface area contributed by atoms with Crippen molar-refractivity contribution in [3.05, 3.63) is 30.6 Å². The lowest BCUT2D eigenvalue weighted by Crippen LogP contribution is -2.28. The Morgan fingerprint density at radius 3 is 2.83 bits per heavy atom. The van der Waals surface area contributed by atoms with Gasteiger partial charge in [-0.2, -0.15) is 4.68 Å². The van der Waals surface area contributed by atoms with Crippen molar-refractivity contribution in [1.29, 1.82) is 0 Å².